The molecule has 2 aliphatic rings. The Morgan fingerprint density at radius 3 is 2.74 bits per heavy atom. The van der Waals surface area contributed by atoms with Crippen molar-refractivity contribution in [2.75, 3.05) is 13.2 Å². The summed E-state index contributed by atoms with van der Waals surface area (Å²) in [6, 6.07) is 6.81. The van der Waals surface area contributed by atoms with Crippen LogP contribution in [0.3, 0.4) is 0 Å². The van der Waals surface area contributed by atoms with E-state index in [2.05, 4.69) is 6.58 Å². The van der Waals surface area contributed by atoms with Crippen molar-refractivity contribution < 1.29 is 24.9 Å². The number of allylic oxidation sites excluding steroid dienone is 11. The average molecular weight is 437 g/mol. The molecule has 1 aromatic rings. The number of rotatable bonds is 8. The van der Waals surface area contributed by atoms with Gasteiger partial charge in [-0.3, -0.25) is 4.79 Å². The van der Waals surface area contributed by atoms with Crippen molar-refractivity contribution in [2.45, 2.75) is 6.42 Å². The van der Waals surface area contributed by atoms with Gasteiger partial charge >= 0.3 is 0 Å². The summed E-state index contributed by atoms with van der Waals surface area (Å²) in [6.07, 6.45) is 13.8. The smallest absolute Gasteiger partial charge is 0.190 e. The van der Waals surface area contributed by atoms with Crippen molar-refractivity contribution in [2.24, 2.45) is 5.92 Å². The lowest BCUT2D eigenvalue weighted by Crippen LogP contribution is -2.07. The first-order valence-electron chi connectivity index (χ1n) is 9.79. The summed E-state index contributed by atoms with van der Waals surface area (Å²) < 4.78 is 5.36. The van der Waals surface area contributed by atoms with Crippen LogP contribution in [0, 0.1) is 5.92 Å². The van der Waals surface area contributed by atoms with Crippen LogP contribution in [0.25, 0.3) is 0 Å². The molecule has 0 aromatic heterocycles. The zero-order valence-electron chi connectivity index (χ0n) is 16.9. The van der Waals surface area contributed by atoms with Crippen molar-refractivity contribution in [3.8, 4) is 5.75 Å². The van der Waals surface area contributed by atoms with Crippen LogP contribution in [-0.4, -0.2) is 34.3 Å². The van der Waals surface area contributed by atoms with E-state index in [4.69, 9.17) is 9.84 Å². The highest BCUT2D eigenvalue weighted by atomic mass is 32.2. The van der Waals surface area contributed by atoms with E-state index in [9.17, 15) is 15.0 Å². The molecule has 6 heteroatoms. The first-order valence-corrected chi connectivity index (χ1v) is 10.6. The average Bonchev–Trinajstić information content (AvgIpc) is 3.05. The Morgan fingerprint density at radius 2 is 2.03 bits per heavy atom. The summed E-state index contributed by atoms with van der Waals surface area (Å²) >= 11 is 1.45. The van der Waals surface area contributed by atoms with Crippen LogP contribution in [-0.2, 0) is 0 Å². The fourth-order valence-electron chi connectivity index (χ4n) is 3.19. The second-order valence-electron chi connectivity index (χ2n) is 6.85. The van der Waals surface area contributed by atoms with Crippen molar-refractivity contribution in [3.63, 3.8) is 0 Å². The molecule has 1 aliphatic heterocycles. The summed E-state index contributed by atoms with van der Waals surface area (Å²) in [6.45, 7) is 3.69. The maximum atomic E-state index is 13.3. The van der Waals surface area contributed by atoms with E-state index < -0.39 is 0 Å². The summed E-state index contributed by atoms with van der Waals surface area (Å²) in [4.78, 5) is 15.1. The molecule has 0 spiro atoms. The molecule has 1 aliphatic carbocycles. The van der Waals surface area contributed by atoms with Gasteiger partial charge in [-0.2, -0.15) is 0 Å². The van der Waals surface area contributed by atoms with E-state index in [1.54, 1.807) is 48.6 Å². The van der Waals surface area contributed by atoms with Crippen LogP contribution in [0.1, 0.15) is 16.8 Å². The largest absolute Gasteiger partial charge is 0.508 e. The van der Waals surface area contributed by atoms with Gasteiger partial charge in [0.1, 0.15) is 23.9 Å². The quantitative estimate of drug-likeness (QED) is 0.290. The van der Waals surface area contributed by atoms with Gasteiger partial charge in [-0.25, -0.2) is 0 Å². The molecule has 3 N–H and O–H groups in total. The molecule has 0 fully saturated rings. The lowest BCUT2D eigenvalue weighted by molar-refractivity contribution is 0.103. The normalized spacial score (nSPS) is 20.0. The Labute approximate surface area is 185 Å². The predicted octanol–water partition coefficient (Wildman–Crippen LogP) is 5.33. The molecular weight excluding hydrogens is 412 g/mol. The number of aliphatic hydroxyl groups is 3. The van der Waals surface area contributed by atoms with E-state index in [0.29, 0.717) is 23.3 Å². The van der Waals surface area contributed by atoms with Crippen LogP contribution < -0.4 is 4.74 Å². The van der Waals surface area contributed by atoms with E-state index in [0.717, 1.165) is 9.81 Å². The fourth-order valence-corrected chi connectivity index (χ4v) is 4.45. The highest BCUT2D eigenvalue weighted by Gasteiger charge is 2.29. The lowest BCUT2D eigenvalue weighted by Gasteiger charge is -2.11. The Balaban J connectivity index is 1.93. The van der Waals surface area contributed by atoms with Crippen molar-refractivity contribution in [1.29, 1.82) is 0 Å². The third kappa shape index (κ3) is 5.90. The minimum atomic E-state index is -0.173. The van der Waals surface area contributed by atoms with Gasteiger partial charge in [0, 0.05) is 28.4 Å². The molecule has 31 heavy (non-hydrogen) atoms. The number of carbonyl (C=O) groups is 1. The summed E-state index contributed by atoms with van der Waals surface area (Å²) in [5, 5.41) is 28.7. The van der Waals surface area contributed by atoms with Crippen molar-refractivity contribution >= 4 is 17.5 Å². The molecule has 160 valence electrons. The minimum Gasteiger partial charge on any atom is -0.508 e. The number of aliphatic hydroxyl groups excluding tert-OH is 3. The highest BCUT2D eigenvalue weighted by molar-refractivity contribution is 8.07. The van der Waals surface area contributed by atoms with Gasteiger partial charge in [0.05, 0.1) is 6.61 Å². The molecule has 1 aromatic carbocycles. The standard InChI is InChI=1S/C25H24O5S/c1-2-4-20(28)15-22-16-23(25(31-22)18-5-3-6-19(27)10-7-18)24(29)17-8-11-21(12-9-17)30-14-13-26/h2-12,15,18,26-28H,1,13-14,16H2/b20-4+,22-15+. The number of hydrogen-bond acceptors (Lipinski definition) is 6. The second-order valence-corrected chi connectivity index (χ2v) is 8.01. The first-order chi connectivity index (χ1) is 15.0. The van der Waals surface area contributed by atoms with Crippen LogP contribution >= 0.6 is 11.8 Å². The molecule has 5 nitrogen and oxygen atoms in total. The van der Waals surface area contributed by atoms with Crippen molar-refractivity contribution in [3.05, 3.63) is 112 Å². The maximum Gasteiger partial charge on any atom is 0.190 e. The zero-order valence-corrected chi connectivity index (χ0v) is 17.7. The van der Waals surface area contributed by atoms with E-state index in [-0.39, 0.29) is 36.4 Å². The van der Waals surface area contributed by atoms with Gasteiger partial charge in [0.25, 0.3) is 0 Å². The summed E-state index contributed by atoms with van der Waals surface area (Å²) in [5.41, 5.74) is 1.17. The van der Waals surface area contributed by atoms with Gasteiger partial charge in [-0.1, -0.05) is 42.6 Å². The van der Waals surface area contributed by atoms with Crippen LogP contribution in [0.4, 0.5) is 0 Å². The summed E-state index contributed by atoms with van der Waals surface area (Å²) in [7, 11) is 0. The third-order valence-corrected chi connectivity index (χ3v) is 5.86. The predicted molar refractivity (Wildman–Crippen MR) is 124 cm³/mol. The first kappa shape index (κ1) is 22.5. The Morgan fingerprint density at radius 1 is 1.26 bits per heavy atom. The molecule has 0 amide bonds. The number of ketones is 1. The van der Waals surface area contributed by atoms with E-state index in [1.165, 1.54) is 23.9 Å². The maximum absolute atomic E-state index is 13.3. The monoisotopic (exact) mass is 436 g/mol. The van der Waals surface area contributed by atoms with Crippen LogP contribution in [0.15, 0.2) is 106 Å². The van der Waals surface area contributed by atoms with Crippen LogP contribution in [0.5, 0.6) is 5.75 Å². The zero-order chi connectivity index (χ0) is 22.2. The third-order valence-electron chi connectivity index (χ3n) is 4.60. The molecule has 0 saturated carbocycles. The van der Waals surface area contributed by atoms with Gasteiger partial charge in [0.15, 0.2) is 5.78 Å². The molecular formula is C25H24O5S. The summed E-state index contributed by atoms with van der Waals surface area (Å²) in [5.74, 6) is 0.526. The SMILES string of the molecule is C=C/C=C(O)\C=C1/CC(C(=O)c2ccc(OCCO)cc2)=C(C2C=CC=C(O)C=C2)S1. The van der Waals surface area contributed by atoms with Crippen molar-refractivity contribution in [1.82, 2.24) is 0 Å². The number of carbonyl (C=O) groups excluding carboxylic acids is 1. The lowest BCUT2D eigenvalue weighted by atomic mass is 9.95. The fraction of sp³-hybridized carbons (Fsp3) is 0.160. The molecule has 0 bridgehead atoms. The Hall–Kier alpha value is -3.22. The topological polar surface area (TPSA) is 87.0 Å². The Kier molecular flexibility index (Phi) is 7.76. The molecule has 1 heterocycles. The van der Waals surface area contributed by atoms with E-state index in [1.807, 2.05) is 12.2 Å². The number of ether oxygens (including phenoxy) is 1. The second kappa shape index (κ2) is 10.7. The molecule has 0 radical (unpaired) electrons. The number of hydrogen-bond donors (Lipinski definition) is 3. The van der Waals surface area contributed by atoms with Gasteiger partial charge < -0.3 is 20.1 Å². The molecule has 1 atom stereocenters. The van der Waals surface area contributed by atoms with Gasteiger partial charge in [0.2, 0.25) is 0 Å². The van der Waals surface area contributed by atoms with Gasteiger partial charge in [-0.05, 0) is 53.5 Å². The highest BCUT2D eigenvalue weighted by Crippen LogP contribution is 2.47. The molecule has 0 saturated heterocycles. The number of Topliss-reactive ketones (excluding diaryl/α,β-unsaturated/α-hetero) is 1. The van der Waals surface area contributed by atoms with Gasteiger partial charge in [-0.15, -0.1) is 0 Å². The minimum absolute atomic E-state index is 0.0715. The Bertz CT molecular complexity index is 1020. The molecule has 3 rings (SSSR count). The van der Waals surface area contributed by atoms with E-state index >= 15 is 0 Å². The van der Waals surface area contributed by atoms with Crippen LogP contribution in [0.2, 0.25) is 0 Å². The molecule has 1 unspecified atom stereocenters. The number of thioether (sulfide) groups is 1. The number of benzene rings is 1.